The molecular weight excluding hydrogens is 238 g/mol. The maximum atomic E-state index is 11.3. The maximum absolute atomic E-state index is 11.3. The van der Waals surface area contributed by atoms with E-state index in [9.17, 15) is 13.2 Å². The summed E-state index contributed by atoms with van der Waals surface area (Å²) in [7, 11) is -3.74. The van der Waals surface area contributed by atoms with E-state index in [2.05, 4.69) is 9.44 Å². The number of aliphatic hydroxyl groups excluding tert-OH is 1. The molecule has 0 saturated heterocycles. The highest BCUT2D eigenvalue weighted by atomic mass is 32.2. The highest BCUT2D eigenvalue weighted by Crippen LogP contribution is 2.00. The molecule has 0 rings (SSSR count). The molecule has 0 bridgehead atoms. The van der Waals surface area contributed by atoms with Crippen LogP contribution in [0.4, 0.5) is 4.79 Å². The van der Waals surface area contributed by atoms with Crippen molar-refractivity contribution in [1.29, 1.82) is 0 Å². The molecule has 0 heterocycles. The lowest BCUT2D eigenvalue weighted by atomic mass is 10.1. The van der Waals surface area contributed by atoms with E-state index in [0.717, 1.165) is 0 Å². The van der Waals surface area contributed by atoms with E-state index in [1.807, 2.05) is 5.32 Å². The van der Waals surface area contributed by atoms with Crippen molar-refractivity contribution in [3.05, 3.63) is 0 Å². The fraction of sp³-hybridized carbons (Fsp3) is 0.857. The van der Waals surface area contributed by atoms with E-state index in [1.165, 1.54) is 13.8 Å². The molecule has 0 aromatic heterocycles. The van der Waals surface area contributed by atoms with Crippen LogP contribution in [0, 0.1) is 0 Å². The molecule has 0 unspecified atom stereocenters. The van der Waals surface area contributed by atoms with Crippen molar-refractivity contribution in [3.63, 3.8) is 0 Å². The van der Waals surface area contributed by atoms with Crippen LogP contribution in [0.3, 0.4) is 0 Å². The summed E-state index contributed by atoms with van der Waals surface area (Å²) in [5.41, 5.74) is -0.966. The van der Waals surface area contributed by atoms with E-state index in [-0.39, 0.29) is 19.7 Å². The van der Waals surface area contributed by atoms with Crippen LogP contribution >= 0.6 is 0 Å². The van der Waals surface area contributed by atoms with Gasteiger partial charge in [-0.25, -0.2) is 9.52 Å². The van der Waals surface area contributed by atoms with Gasteiger partial charge in [-0.05, 0) is 13.8 Å². The Morgan fingerprint density at radius 1 is 1.31 bits per heavy atom. The van der Waals surface area contributed by atoms with Crippen molar-refractivity contribution in [1.82, 2.24) is 14.8 Å². The van der Waals surface area contributed by atoms with E-state index in [0.29, 0.717) is 0 Å². The zero-order chi connectivity index (χ0) is 12.8. The SMILES string of the molecule is CC(C)(CO)NS(=O)(=O)NCCNC(=O)O. The number of hydrogen-bond acceptors (Lipinski definition) is 4. The zero-order valence-corrected chi connectivity index (χ0v) is 9.97. The van der Waals surface area contributed by atoms with Crippen molar-refractivity contribution in [2.75, 3.05) is 19.7 Å². The molecule has 0 aliphatic rings. The predicted octanol–water partition coefficient (Wildman–Crippen LogP) is -1.55. The third-order valence-corrected chi connectivity index (χ3v) is 2.90. The summed E-state index contributed by atoms with van der Waals surface area (Å²) in [6, 6.07) is 0. The average molecular weight is 255 g/mol. The molecule has 0 radical (unpaired) electrons. The molecule has 0 atom stereocenters. The number of carbonyl (C=O) groups is 1. The molecule has 5 N–H and O–H groups in total. The van der Waals surface area contributed by atoms with Gasteiger partial charge >= 0.3 is 6.09 Å². The quantitative estimate of drug-likeness (QED) is 0.352. The van der Waals surface area contributed by atoms with Crippen LogP contribution in [0.25, 0.3) is 0 Å². The Hall–Kier alpha value is -0.900. The second kappa shape index (κ2) is 5.99. The van der Waals surface area contributed by atoms with Gasteiger partial charge in [0.1, 0.15) is 0 Å². The second-order valence-corrected chi connectivity index (χ2v) is 5.27. The van der Waals surface area contributed by atoms with Gasteiger partial charge < -0.3 is 15.5 Å². The Bertz CT molecular complexity index is 327. The predicted molar refractivity (Wildman–Crippen MR) is 57.3 cm³/mol. The molecule has 0 fully saturated rings. The zero-order valence-electron chi connectivity index (χ0n) is 9.15. The topological polar surface area (TPSA) is 128 Å². The number of rotatable bonds is 7. The van der Waals surface area contributed by atoms with E-state index >= 15 is 0 Å². The van der Waals surface area contributed by atoms with Gasteiger partial charge in [0.25, 0.3) is 10.2 Å². The molecule has 1 amide bonds. The first kappa shape index (κ1) is 15.1. The first-order valence-electron chi connectivity index (χ1n) is 4.55. The monoisotopic (exact) mass is 255 g/mol. The smallest absolute Gasteiger partial charge is 0.404 e. The van der Waals surface area contributed by atoms with Crippen LogP contribution in [0.5, 0.6) is 0 Å². The van der Waals surface area contributed by atoms with Gasteiger partial charge in [0, 0.05) is 13.1 Å². The number of hydrogen-bond donors (Lipinski definition) is 5. The largest absolute Gasteiger partial charge is 0.465 e. The second-order valence-electron chi connectivity index (χ2n) is 3.77. The molecule has 9 heteroatoms. The fourth-order valence-corrected chi connectivity index (χ4v) is 2.02. The van der Waals surface area contributed by atoms with Crippen molar-refractivity contribution in [2.45, 2.75) is 19.4 Å². The Kier molecular flexibility index (Phi) is 5.65. The third-order valence-electron chi connectivity index (χ3n) is 1.50. The molecule has 8 nitrogen and oxygen atoms in total. The van der Waals surface area contributed by atoms with Crippen LogP contribution in [-0.2, 0) is 10.2 Å². The lowest BCUT2D eigenvalue weighted by molar-refractivity contribution is 0.194. The van der Waals surface area contributed by atoms with E-state index in [1.54, 1.807) is 0 Å². The molecule has 0 aromatic rings. The Balaban J connectivity index is 4.02. The number of amides is 1. The van der Waals surface area contributed by atoms with Crippen LogP contribution in [-0.4, -0.2) is 50.0 Å². The van der Waals surface area contributed by atoms with Gasteiger partial charge in [-0.3, -0.25) is 0 Å². The van der Waals surface area contributed by atoms with E-state index < -0.39 is 21.8 Å². The minimum atomic E-state index is -3.74. The molecule has 0 aliphatic carbocycles. The molecule has 0 aromatic carbocycles. The van der Waals surface area contributed by atoms with Crippen molar-refractivity contribution < 1.29 is 23.4 Å². The summed E-state index contributed by atoms with van der Waals surface area (Å²) in [6.45, 7) is 2.59. The third kappa shape index (κ3) is 7.40. The van der Waals surface area contributed by atoms with Gasteiger partial charge in [0.15, 0.2) is 0 Å². The van der Waals surface area contributed by atoms with Gasteiger partial charge in [-0.15, -0.1) is 0 Å². The number of aliphatic hydroxyl groups is 1. The Morgan fingerprint density at radius 2 is 1.88 bits per heavy atom. The highest BCUT2D eigenvalue weighted by molar-refractivity contribution is 7.87. The van der Waals surface area contributed by atoms with Crippen LogP contribution < -0.4 is 14.8 Å². The van der Waals surface area contributed by atoms with E-state index in [4.69, 9.17) is 10.2 Å². The van der Waals surface area contributed by atoms with Gasteiger partial charge in [0.2, 0.25) is 0 Å². The lowest BCUT2D eigenvalue weighted by Crippen LogP contribution is -2.51. The van der Waals surface area contributed by atoms with Crippen LogP contribution in [0.15, 0.2) is 0 Å². The summed E-state index contributed by atoms with van der Waals surface area (Å²) in [5.74, 6) is 0. The first-order chi connectivity index (χ1) is 7.18. The maximum Gasteiger partial charge on any atom is 0.404 e. The summed E-state index contributed by atoms with van der Waals surface area (Å²) in [6.07, 6.45) is -1.22. The van der Waals surface area contributed by atoms with Crippen molar-refractivity contribution in [2.24, 2.45) is 0 Å². The lowest BCUT2D eigenvalue weighted by Gasteiger charge is -2.23. The summed E-state index contributed by atoms with van der Waals surface area (Å²) >= 11 is 0. The summed E-state index contributed by atoms with van der Waals surface area (Å²) < 4.78 is 27.0. The molecule has 0 aliphatic heterocycles. The van der Waals surface area contributed by atoms with Gasteiger partial charge in [-0.1, -0.05) is 0 Å². The minimum Gasteiger partial charge on any atom is -0.465 e. The van der Waals surface area contributed by atoms with Gasteiger partial charge in [-0.2, -0.15) is 13.1 Å². The van der Waals surface area contributed by atoms with Crippen LogP contribution in [0.2, 0.25) is 0 Å². The normalized spacial score (nSPS) is 12.4. The first-order valence-corrected chi connectivity index (χ1v) is 6.03. The Morgan fingerprint density at radius 3 is 2.31 bits per heavy atom. The van der Waals surface area contributed by atoms with Crippen LogP contribution in [0.1, 0.15) is 13.8 Å². The summed E-state index contributed by atoms with van der Waals surface area (Å²) in [4.78, 5) is 10.1. The minimum absolute atomic E-state index is 0.0319. The highest BCUT2D eigenvalue weighted by Gasteiger charge is 2.23. The van der Waals surface area contributed by atoms with Gasteiger partial charge in [0.05, 0.1) is 12.1 Å². The van der Waals surface area contributed by atoms with Crippen molar-refractivity contribution >= 4 is 16.3 Å². The number of carboxylic acid groups (broad SMARTS) is 1. The molecule has 0 saturated carbocycles. The summed E-state index contributed by atoms with van der Waals surface area (Å²) in [5, 5.41) is 19.1. The molecule has 0 spiro atoms. The van der Waals surface area contributed by atoms with Crippen molar-refractivity contribution in [3.8, 4) is 0 Å². The molecule has 16 heavy (non-hydrogen) atoms. The molecule has 96 valence electrons. The Labute approximate surface area is 94.2 Å². The fourth-order valence-electron chi connectivity index (χ4n) is 0.787. The molecular formula is C7H17N3O5S. The standard InChI is InChI=1S/C7H17N3O5S/c1-7(2,5-11)10-16(14,15)9-4-3-8-6(12)13/h8-11H,3-5H2,1-2H3,(H,12,13). The number of nitrogens with one attached hydrogen (secondary N) is 3. The average Bonchev–Trinajstić information content (AvgIpc) is 2.11.